The normalized spacial score (nSPS) is 17.1. The van der Waals surface area contributed by atoms with Crippen LogP contribution in [0.15, 0.2) is 59.7 Å². The van der Waals surface area contributed by atoms with Crippen LogP contribution in [0.2, 0.25) is 0 Å². The number of rotatable bonds is 6. The molecule has 1 aliphatic heterocycles. The van der Waals surface area contributed by atoms with Crippen LogP contribution in [-0.2, 0) is 9.09 Å². The summed E-state index contributed by atoms with van der Waals surface area (Å²) in [4.78, 5) is 23.6. The molecule has 0 N–H and O–H groups in total. The van der Waals surface area contributed by atoms with Gasteiger partial charge in [-0.15, -0.1) is 0 Å². The predicted molar refractivity (Wildman–Crippen MR) is 119 cm³/mol. The molecule has 13 heteroatoms. The van der Waals surface area contributed by atoms with Crippen LogP contribution >= 0.6 is 7.37 Å². The van der Waals surface area contributed by atoms with Crippen LogP contribution < -0.4 is 10.3 Å². The Bertz CT molecular complexity index is 1430. The monoisotopic (exact) mass is 507 g/mol. The minimum absolute atomic E-state index is 0.00908. The lowest BCUT2D eigenvalue weighted by Gasteiger charge is -2.32. The Morgan fingerprint density at radius 1 is 1.00 bits per heavy atom. The Kier molecular flexibility index (Phi) is 6.27. The van der Waals surface area contributed by atoms with Gasteiger partial charge in [-0.1, -0.05) is 18.2 Å². The third-order valence-electron chi connectivity index (χ3n) is 5.05. The number of fused-ring (bicyclic) bond motifs is 1. The van der Waals surface area contributed by atoms with Gasteiger partial charge in [0.25, 0.3) is 13.1 Å². The summed E-state index contributed by atoms with van der Waals surface area (Å²) >= 11 is 0. The summed E-state index contributed by atoms with van der Waals surface area (Å²) < 4.78 is 77.8. The number of hydrogen-bond donors (Lipinski definition) is 0. The number of hydrazone groups is 1. The van der Waals surface area contributed by atoms with Crippen molar-refractivity contribution in [1.29, 1.82) is 0 Å². The van der Waals surface area contributed by atoms with Gasteiger partial charge < -0.3 is 4.52 Å². The molecule has 1 heterocycles. The molecule has 4 rings (SSSR count). The number of nitrogens with zero attached hydrogens (tertiary/aromatic N) is 3. The van der Waals surface area contributed by atoms with Crippen molar-refractivity contribution >= 4 is 41.0 Å². The van der Waals surface area contributed by atoms with Gasteiger partial charge in [0.1, 0.15) is 11.0 Å². The van der Waals surface area contributed by atoms with E-state index in [9.17, 15) is 32.6 Å². The Hall–Kier alpha value is -3.89. The summed E-state index contributed by atoms with van der Waals surface area (Å²) in [6.45, 7) is 0.944. The van der Waals surface area contributed by atoms with Crippen molar-refractivity contribution in [2.24, 2.45) is 5.10 Å². The fourth-order valence-electron chi connectivity index (χ4n) is 3.49. The summed E-state index contributed by atoms with van der Waals surface area (Å²) in [6, 6.07) is 11.3. The van der Waals surface area contributed by atoms with Crippen LogP contribution in [0.3, 0.4) is 0 Å². The molecule has 0 spiro atoms. The Labute approximate surface area is 195 Å². The average Bonchev–Trinajstić information content (AvgIpc) is 2.86. The van der Waals surface area contributed by atoms with E-state index in [-0.39, 0.29) is 16.9 Å². The molecule has 0 aromatic heterocycles. The van der Waals surface area contributed by atoms with Crippen LogP contribution in [-0.4, -0.2) is 22.8 Å². The number of halogens is 4. The highest BCUT2D eigenvalue weighted by Crippen LogP contribution is 2.56. The zero-order valence-corrected chi connectivity index (χ0v) is 18.6. The van der Waals surface area contributed by atoms with Crippen LogP contribution in [0.5, 0.6) is 0 Å². The summed E-state index contributed by atoms with van der Waals surface area (Å²) in [6.07, 6.45) is 0. The van der Waals surface area contributed by atoms with Gasteiger partial charge in [-0.2, -0.15) is 5.10 Å². The molecule has 180 valence electrons. The molecular formula is C22H14F4N3O5P. The van der Waals surface area contributed by atoms with Crippen LogP contribution in [0.25, 0.3) is 0 Å². The number of carbonyl (C=O) groups is 1. The first kappa shape index (κ1) is 24.2. The lowest BCUT2D eigenvalue weighted by atomic mass is 10.1. The first-order chi connectivity index (χ1) is 16.6. The maximum absolute atomic E-state index is 15.1. The van der Waals surface area contributed by atoms with Crippen molar-refractivity contribution < 1.29 is 36.4 Å². The molecule has 0 aliphatic carbocycles. The van der Waals surface area contributed by atoms with Crippen LogP contribution in [0.1, 0.15) is 17.3 Å². The van der Waals surface area contributed by atoms with Gasteiger partial charge in [0.2, 0.25) is 5.78 Å². The van der Waals surface area contributed by atoms with Gasteiger partial charge in [-0.05, 0) is 31.2 Å². The zero-order valence-electron chi connectivity index (χ0n) is 17.7. The van der Waals surface area contributed by atoms with E-state index >= 15 is 4.39 Å². The van der Waals surface area contributed by atoms with Gasteiger partial charge in [0.15, 0.2) is 28.7 Å². The van der Waals surface area contributed by atoms with Crippen molar-refractivity contribution in [2.45, 2.75) is 6.92 Å². The molecule has 0 saturated heterocycles. The number of nitro benzene ring substituents is 1. The first-order valence-corrected chi connectivity index (χ1v) is 11.6. The highest BCUT2D eigenvalue weighted by molar-refractivity contribution is 7.86. The summed E-state index contributed by atoms with van der Waals surface area (Å²) in [7, 11) is -4.93. The SMILES string of the molecule is CCOP1(=O)C(C(=O)c2ccc([N+](=O)[O-])cc2)=NN(c2ccccc2)c2c(F)c(F)c(F)c(F)c21. The maximum Gasteiger partial charge on any atom is 0.290 e. The van der Waals surface area contributed by atoms with E-state index in [1.165, 1.54) is 31.2 Å². The second-order valence-electron chi connectivity index (χ2n) is 7.13. The Morgan fingerprint density at radius 3 is 2.17 bits per heavy atom. The first-order valence-electron chi connectivity index (χ1n) is 9.96. The van der Waals surface area contributed by atoms with Crippen molar-refractivity contribution in [1.82, 2.24) is 0 Å². The van der Waals surface area contributed by atoms with Crippen molar-refractivity contribution in [3.8, 4) is 0 Å². The van der Waals surface area contributed by atoms with E-state index < -0.39 is 64.4 Å². The number of nitro groups is 1. The molecule has 0 saturated carbocycles. The quantitative estimate of drug-likeness (QED) is 0.0838. The van der Waals surface area contributed by atoms with E-state index in [4.69, 9.17) is 4.52 Å². The summed E-state index contributed by atoms with van der Waals surface area (Å²) in [5.41, 5.74) is -2.50. The lowest BCUT2D eigenvalue weighted by Crippen LogP contribution is -2.37. The number of Topliss-reactive ketones (excluding diaryl/α,β-unsaturated/α-hetero) is 1. The molecule has 3 aromatic rings. The number of hydrogen-bond acceptors (Lipinski definition) is 7. The molecular weight excluding hydrogens is 493 g/mol. The summed E-state index contributed by atoms with van der Waals surface area (Å²) in [5.74, 6) is -9.38. The highest BCUT2D eigenvalue weighted by atomic mass is 31.2. The number of carbonyl (C=O) groups excluding carboxylic acids is 1. The largest absolute Gasteiger partial charge is 0.321 e. The number of para-hydroxylation sites is 1. The van der Waals surface area contributed by atoms with E-state index in [1.807, 2.05) is 0 Å². The molecule has 1 aliphatic rings. The molecule has 0 radical (unpaired) electrons. The number of benzene rings is 3. The average molecular weight is 507 g/mol. The van der Waals surface area contributed by atoms with Gasteiger partial charge in [-0.3, -0.25) is 19.5 Å². The van der Waals surface area contributed by atoms with Crippen molar-refractivity contribution in [2.75, 3.05) is 11.6 Å². The van der Waals surface area contributed by atoms with Gasteiger partial charge >= 0.3 is 0 Å². The molecule has 0 fully saturated rings. The van der Waals surface area contributed by atoms with Gasteiger partial charge in [0.05, 0.1) is 17.2 Å². The third kappa shape index (κ3) is 3.90. The third-order valence-corrected chi connectivity index (χ3v) is 7.52. The Morgan fingerprint density at radius 2 is 1.60 bits per heavy atom. The molecule has 8 nitrogen and oxygen atoms in total. The number of anilines is 2. The standard InChI is InChI=1S/C22H14F4N3O5P/c1-2-34-35(33)21-18(26)16(24)15(23)17(25)19(21)28(13-6-4-3-5-7-13)27-22(35)20(30)12-8-10-14(11-9-12)29(31)32/h3-11H,2H2,1H3. The minimum atomic E-state index is -4.93. The molecule has 35 heavy (non-hydrogen) atoms. The lowest BCUT2D eigenvalue weighted by molar-refractivity contribution is -0.384. The maximum atomic E-state index is 15.1. The van der Waals surface area contributed by atoms with E-state index in [1.54, 1.807) is 6.07 Å². The van der Waals surface area contributed by atoms with Gasteiger partial charge in [-0.25, -0.2) is 22.6 Å². The fourth-order valence-corrected chi connectivity index (χ4v) is 5.74. The van der Waals surface area contributed by atoms with Crippen molar-refractivity contribution in [3.63, 3.8) is 0 Å². The smallest absolute Gasteiger partial charge is 0.290 e. The van der Waals surface area contributed by atoms with Crippen LogP contribution in [0.4, 0.5) is 34.6 Å². The van der Waals surface area contributed by atoms with Gasteiger partial charge in [0, 0.05) is 17.7 Å². The minimum Gasteiger partial charge on any atom is -0.321 e. The summed E-state index contributed by atoms with van der Waals surface area (Å²) in [5, 5.41) is 14.3. The number of ketones is 1. The van der Waals surface area contributed by atoms with E-state index in [0.29, 0.717) is 5.01 Å². The second-order valence-corrected chi connectivity index (χ2v) is 9.36. The Balaban J connectivity index is 2.03. The number of non-ortho nitro benzene ring substituents is 1. The molecule has 1 unspecified atom stereocenters. The van der Waals surface area contributed by atoms with Crippen LogP contribution in [0, 0.1) is 33.4 Å². The molecule has 3 aromatic carbocycles. The zero-order chi connectivity index (χ0) is 25.5. The highest BCUT2D eigenvalue weighted by Gasteiger charge is 2.49. The second kappa shape index (κ2) is 9.05. The molecule has 0 amide bonds. The predicted octanol–water partition coefficient (Wildman–Crippen LogP) is 5.44. The fraction of sp³-hybridized carbons (Fsp3) is 0.0909. The molecule has 0 bridgehead atoms. The molecule has 1 atom stereocenters. The van der Waals surface area contributed by atoms with E-state index in [0.717, 1.165) is 24.3 Å². The topological polar surface area (TPSA) is 102 Å². The van der Waals surface area contributed by atoms with Crippen molar-refractivity contribution in [3.05, 3.63) is 93.5 Å². The van der Waals surface area contributed by atoms with E-state index in [2.05, 4.69) is 5.10 Å².